The normalized spacial score (nSPS) is 53.7. The molecule has 1 spiro atoms. The molecule has 5 aliphatic rings. The Bertz CT molecular complexity index is 775. The van der Waals surface area contributed by atoms with Crippen molar-refractivity contribution in [3.8, 4) is 0 Å². The number of rotatable bonds is 4. The number of ether oxygens (including phenoxy) is 3. The van der Waals surface area contributed by atoms with Gasteiger partial charge in [0.1, 0.15) is 12.4 Å². The molecule has 4 saturated carbocycles. The third-order valence-electron chi connectivity index (χ3n) is 9.18. The summed E-state index contributed by atoms with van der Waals surface area (Å²) in [5.74, 6) is 0.267. The van der Waals surface area contributed by atoms with Crippen molar-refractivity contribution >= 4 is 5.97 Å². The number of carbonyl (C=O) groups is 1. The number of esters is 1. The van der Waals surface area contributed by atoms with Crippen molar-refractivity contribution in [1.29, 1.82) is 0 Å². The molecule has 5 nitrogen and oxygen atoms in total. The first-order valence-corrected chi connectivity index (χ1v) is 10.6. The highest BCUT2D eigenvalue weighted by Crippen LogP contribution is 2.79. The lowest BCUT2D eigenvalue weighted by Gasteiger charge is -2.46. The number of hydrogen-bond acceptors (Lipinski definition) is 5. The molecule has 4 aliphatic carbocycles. The van der Waals surface area contributed by atoms with E-state index >= 15 is 0 Å². The lowest BCUT2D eigenvalue weighted by Crippen LogP contribution is -2.53. The molecule has 1 aliphatic heterocycles. The van der Waals surface area contributed by atoms with Crippen LogP contribution >= 0.6 is 0 Å². The minimum absolute atomic E-state index is 0.0267. The third-order valence-corrected chi connectivity index (χ3v) is 9.18. The lowest BCUT2D eigenvalue weighted by molar-refractivity contribution is -0.166. The van der Waals surface area contributed by atoms with Crippen molar-refractivity contribution in [1.82, 2.24) is 0 Å². The molecular formula is C23H32O5. The first kappa shape index (κ1) is 18.8. The monoisotopic (exact) mass is 388 g/mol. The molecular weight excluding hydrogens is 356 g/mol. The summed E-state index contributed by atoms with van der Waals surface area (Å²) in [5.41, 5.74) is -0.0185. The predicted octanol–water partition coefficient (Wildman–Crippen LogP) is 3.37. The number of aliphatic hydroxyl groups is 1. The van der Waals surface area contributed by atoms with Gasteiger partial charge in [-0.05, 0) is 69.3 Å². The Hall–Kier alpha value is -1.17. The quantitative estimate of drug-likeness (QED) is 0.454. The van der Waals surface area contributed by atoms with Crippen molar-refractivity contribution in [3.05, 3.63) is 24.3 Å². The lowest BCUT2D eigenvalue weighted by atomic mass is 9.58. The van der Waals surface area contributed by atoms with Crippen LogP contribution in [0.5, 0.6) is 0 Å². The van der Waals surface area contributed by atoms with E-state index in [0.717, 1.165) is 43.3 Å². The molecule has 5 rings (SSSR count). The highest BCUT2D eigenvalue weighted by molar-refractivity contribution is 5.82. The summed E-state index contributed by atoms with van der Waals surface area (Å²) in [7, 11) is 1.60. The second-order valence-electron chi connectivity index (χ2n) is 10.3. The predicted molar refractivity (Wildman–Crippen MR) is 103 cm³/mol. The van der Waals surface area contributed by atoms with E-state index in [2.05, 4.69) is 20.1 Å². The third kappa shape index (κ3) is 1.87. The first-order chi connectivity index (χ1) is 13.2. The van der Waals surface area contributed by atoms with Gasteiger partial charge in [-0.1, -0.05) is 18.7 Å². The van der Waals surface area contributed by atoms with E-state index in [1.54, 1.807) is 7.11 Å². The summed E-state index contributed by atoms with van der Waals surface area (Å²) >= 11 is 0. The molecule has 5 fully saturated rings. The molecule has 8 atom stereocenters. The van der Waals surface area contributed by atoms with Crippen LogP contribution in [0.15, 0.2) is 24.3 Å². The van der Waals surface area contributed by atoms with Crippen molar-refractivity contribution in [2.45, 2.75) is 69.7 Å². The van der Waals surface area contributed by atoms with Gasteiger partial charge in [-0.25, -0.2) is 0 Å². The second-order valence-corrected chi connectivity index (χ2v) is 10.3. The zero-order chi connectivity index (χ0) is 20.1. The van der Waals surface area contributed by atoms with E-state index in [0.29, 0.717) is 6.42 Å². The topological polar surface area (TPSA) is 65.0 Å². The van der Waals surface area contributed by atoms with Crippen LogP contribution in [0, 0.1) is 28.6 Å². The summed E-state index contributed by atoms with van der Waals surface area (Å²) < 4.78 is 17.5. The van der Waals surface area contributed by atoms with Gasteiger partial charge in [-0.15, -0.1) is 0 Å². The van der Waals surface area contributed by atoms with Gasteiger partial charge >= 0.3 is 5.97 Å². The molecule has 0 radical (unpaired) electrons. The number of hydrogen-bond donors (Lipinski definition) is 1. The largest absolute Gasteiger partial charge is 0.458 e. The van der Waals surface area contributed by atoms with Crippen molar-refractivity contribution in [3.63, 3.8) is 0 Å². The average molecular weight is 389 g/mol. The number of methoxy groups -OCH3 is 1. The van der Waals surface area contributed by atoms with E-state index in [9.17, 15) is 9.90 Å². The van der Waals surface area contributed by atoms with E-state index in [-0.39, 0.29) is 42.0 Å². The Morgan fingerprint density at radius 1 is 1.36 bits per heavy atom. The average Bonchev–Trinajstić information content (AvgIpc) is 3.04. The number of allylic oxidation sites excluding steroid dienone is 1. The van der Waals surface area contributed by atoms with E-state index in [4.69, 9.17) is 14.2 Å². The maximum Gasteiger partial charge on any atom is 0.315 e. The minimum atomic E-state index is -0.773. The Kier molecular flexibility index (Phi) is 3.70. The summed E-state index contributed by atoms with van der Waals surface area (Å²) in [6.07, 6.45) is 4.51. The van der Waals surface area contributed by atoms with Crippen LogP contribution in [0.3, 0.4) is 0 Å². The van der Waals surface area contributed by atoms with Crippen LogP contribution in [-0.4, -0.2) is 42.3 Å². The van der Waals surface area contributed by atoms with Crippen molar-refractivity contribution in [2.24, 2.45) is 28.6 Å². The van der Waals surface area contributed by atoms with Gasteiger partial charge in [-0.2, -0.15) is 0 Å². The van der Waals surface area contributed by atoms with E-state index in [1.165, 1.54) is 0 Å². The molecule has 4 bridgehead atoms. The van der Waals surface area contributed by atoms with Crippen molar-refractivity contribution in [2.75, 3.05) is 13.9 Å². The molecule has 154 valence electrons. The number of fused-ring (bicyclic) bond motifs is 1. The van der Waals surface area contributed by atoms with Gasteiger partial charge in [0.2, 0.25) is 0 Å². The van der Waals surface area contributed by atoms with Crippen LogP contribution in [0.1, 0.15) is 52.4 Å². The molecule has 0 aromatic carbocycles. The summed E-state index contributed by atoms with van der Waals surface area (Å²) in [5, 5.41) is 11.2. The molecule has 1 saturated heterocycles. The van der Waals surface area contributed by atoms with Crippen molar-refractivity contribution < 1.29 is 24.1 Å². The molecule has 28 heavy (non-hydrogen) atoms. The van der Waals surface area contributed by atoms with Gasteiger partial charge in [0.05, 0.1) is 17.1 Å². The zero-order valence-electron chi connectivity index (χ0n) is 17.3. The standard InChI is InChI=1S/C23H32O5/c1-13(2)17-18-20(4)16(27-12-26-5)7-9-23(18,28-19(20)24)15-6-8-22(25)11-21(15,17)10-14(22)3/h15-18,25H,1,3,6-12H2,2,4-5H3/t15-,16+,17+,18-,20-,21+,22+,23-/m1/s1. The highest BCUT2D eigenvalue weighted by Gasteiger charge is 2.83. The Balaban J connectivity index is 1.67. The molecule has 1 heterocycles. The maximum atomic E-state index is 13.3. The van der Waals surface area contributed by atoms with Gasteiger partial charge in [-0.3, -0.25) is 4.79 Å². The molecule has 0 aromatic heterocycles. The SMILES string of the molecule is C=C(C)[C@H]1[C@H]2[C@@]3(CC[C@H](OCOC)[C@@]2(C)C(=O)O3)[C@@H]2CC[C@]3(O)C[C@@]21CC3=C. The van der Waals surface area contributed by atoms with Gasteiger partial charge in [0.25, 0.3) is 0 Å². The Morgan fingerprint density at radius 2 is 2.11 bits per heavy atom. The highest BCUT2D eigenvalue weighted by atomic mass is 16.7. The molecule has 0 amide bonds. The summed E-state index contributed by atoms with van der Waals surface area (Å²) in [6.45, 7) is 12.9. The van der Waals surface area contributed by atoms with Gasteiger partial charge in [0.15, 0.2) is 0 Å². The van der Waals surface area contributed by atoms with Crippen LogP contribution < -0.4 is 0 Å². The van der Waals surface area contributed by atoms with Gasteiger partial charge < -0.3 is 19.3 Å². The molecule has 5 heteroatoms. The minimum Gasteiger partial charge on any atom is -0.458 e. The van der Waals surface area contributed by atoms with Crippen LogP contribution in [0.25, 0.3) is 0 Å². The van der Waals surface area contributed by atoms with Crippen LogP contribution in [0.4, 0.5) is 0 Å². The van der Waals surface area contributed by atoms with E-state index < -0.39 is 16.6 Å². The van der Waals surface area contributed by atoms with Crippen LogP contribution in [-0.2, 0) is 19.0 Å². The fourth-order valence-electron chi connectivity index (χ4n) is 8.42. The Morgan fingerprint density at radius 3 is 2.79 bits per heavy atom. The van der Waals surface area contributed by atoms with E-state index in [1.807, 2.05) is 6.92 Å². The molecule has 0 unspecified atom stereocenters. The molecule has 1 N–H and O–H groups in total. The summed E-state index contributed by atoms with van der Waals surface area (Å²) in [6, 6.07) is 0. The number of carbonyl (C=O) groups excluding carboxylic acids is 1. The maximum absolute atomic E-state index is 13.3. The van der Waals surface area contributed by atoms with Gasteiger partial charge in [0, 0.05) is 18.9 Å². The van der Waals surface area contributed by atoms with Crippen LogP contribution in [0.2, 0.25) is 0 Å². The summed E-state index contributed by atoms with van der Waals surface area (Å²) in [4.78, 5) is 13.3. The molecule has 0 aromatic rings. The smallest absolute Gasteiger partial charge is 0.315 e. The zero-order valence-corrected chi connectivity index (χ0v) is 17.3. The Labute approximate surface area is 167 Å². The second kappa shape index (κ2) is 5.50. The fraction of sp³-hybridized carbons (Fsp3) is 0.783. The fourth-order valence-corrected chi connectivity index (χ4v) is 8.42. The first-order valence-electron chi connectivity index (χ1n) is 10.6.